The van der Waals surface area contributed by atoms with E-state index in [2.05, 4.69) is 51.2 Å². The van der Waals surface area contributed by atoms with Crippen molar-refractivity contribution < 1.29 is 4.74 Å². The van der Waals surface area contributed by atoms with Crippen LogP contribution in [0, 0.1) is 0 Å². The fourth-order valence-corrected chi connectivity index (χ4v) is 2.48. The van der Waals surface area contributed by atoms with Crippen molar-refractivity contribution in [2.24, 2.45) is 0 Å². The average molecular weight is 233 g/mol. The molecule has 2 unspecified atom stereocenters. The molecule has 0 spiro atoms. The zero-order valence-corrected chi connectivity index (χ0v) is 11.3. The molecule has 1 heterocycles. The molecule has 0 fully saturated rings. The minimum atomic E-state index is 0.297. The lowest BCUT2D eigenvalue weighted by atomic mass is 9.94. The number of fused-ring (bicyclic) bond motifs is 1. The van der Waals surface area contributed by atoms with Crippen LogP contribution in [0.2, 0.25) is 0 Å². The van der Waals surface area contributed by atoms with Crippen LogP contribution in [0.15, 0.2) is 18.2 Å². The van der Waals surface area contributed by atoms with Gasteiger partial charge in [-0.15, -0.1) is 0 Å². The van der Waals surface area contributed by atoms with Crippen molar-refractivity contribution in [2.45, 2.75) is 58.7 Å². The SMILES string of the molecule is CCc1ccc2c(c1)C(NC(C)C)CC(C)O2. The molecule has 0 radical (unpaired) electrons. The number of nitrogens with one attached hydrogen (secondary N) is 1. The van der Waals surface area contributed by atoms with E-state index in [4.69, 9.17) is 4.74 Å². The van der Waals surface area contributed by atoms with Crippen LogP contribution in [0.5, 0.6) is 5.75 Å². The van der Waals surface area contributed by atoms with Crippen LogP contribution >= 0.6 is 0 Å². The van der Waals surface area contributed by atoms with Gasteiger partial charge in [0.15, 0.2) is 0 Å². The van der Waals surface area contributed by atoms with Gasteiger partial charge in [-0.25, -0.2) is 0 Å². The normalized spacial score (nSPS) is 23.4. The number of hydrogen-bond donors (Lipinski definition) is 1. The van der Waals surface area contributed by atoms with Crippen molar-refractivity contribution in [1.82, 2.24) is 5.32 Å². The lowest BCUT2D eigenvalue weighted by molar-refractivity contribution is 0.163. The molecule has 0 aromatic heterocycles. The third-order valence-corrected chi connectivity index (χ3v) is 3.29. The second-order valence-corrected chi connectivity index (χ2v) is 5.26. The maximum Gasteiger partial charge on any atom is 0.124 e. The van der Waals surface area contributed by atoms with E-state index >= 15 is 0 Å². The van der Waals surface area contributed by atoms with E-state index in [1.807, 2.05) is 0 Å². The maximum absolute atomic E-state index is 5.90. The van der Waals surface area contributed by atoms with Crippen molar-refractivity contribution >= 4 is 0 Å². The van der Waals surface area contributed by atoms with Gasteiger partial charge in [-0.2, -0.15) is 0 Å². The van der Waals surface area contributed by atoms with E-state index in [1.165, 1.54) is 11.1 Å². The molecule has 0 bridgehead atoms. The van der Waals surface area contributed by atoms with Gasteiger partial charge in [-0.05, 0) is 25.0 Å². The topological polar surface area (TPSA) is 21.3 Å². The monoisotopic (exact) mass is 233 g/mol. The fraction of sp³-hybridized carbons (Fsp3) is 0.600. The van der Waals surface area contributed by atoms with Crippen molar-refractivity contribution in [3.63, 3.8) is 0 Å². The Morgan fingerprint density at radius 2 is 2.18 bits per heavy atom. The fourth-order valence-electron chi connectivity index (χ4n) is 2.48. The largest absolute Gasteiger partial charge is 0.490 e. The van der Waals surface area contributed by atoms with Crippen LogP contribution < -0.4 is 10.1 Å². The van der Waals surface area contributed by atoms with E-state index in [0.717, 1.165) is 18.6 Å². The Kier molecular flexibility index (Phi) is 3.72. The Bertz CT molecular complexity index is 387. The zero-order chi connectivity index (χ0) is 12.4. The summed E-state index contributed by atoms with van der Waals surface area (Å²) in [5.41, 5.74) is 2.72. The number of aryl methyl sites for hydroxylation is 1. The van der Waals surface area contributed by atoms with E-state index in [1.54, 1.807) is 0 Å². The molecule has 2 rings (SSSR count). The minimum Gasteiger partial charge on any atom is -0.490 e. The van der Waals surface area contributed by atoms with Gasteiger partial charge in [0, 0.05) is 24.1 Å². The molecule has 1 aromatic rings. The van der Waals surface area contributed by atoms with Crippen LogP contribution in [0.3, 0.4) is 0 Å². The first-order valence-electron chi connectivity index (χ1n) is 6.65. The molecular formula is C15H23NO. The summed E-state index contributed by atoms with van der Waals surface area (Å²) >= 11 is 0. The van der Waals surface area contributed by atoms with E-state index < -0.39 is 0 Å². The first-order valence-corrected chi connectivity index (χ1v) is 6.65. The van der Waals surface area contributed by atoms with Crippen molar-refractivity contribution in [3.05, 3.63) is 29.3 Å². The molecule has 0 saturated heterocycles. The van der Waals surface area contributed by atoms with Crippen LogP contribution in [-0.4, -0.2) is 12.1 Å². The lowest BCUT2D eigenvalue weighted by Crippen LogP contribution is -2.35. The standard InChI is InChI=1S/C15H23NO/c1-5-12-6-7-15-13(9-12)14(16-10(2)3)8-11(4)17-15/h6-7,9-11,14,16H,5,8H2,1-4H3. The van der Waals surface area contributed by atoms with Crippen molar-refractivity contribution in [1.29, 1.82) is 0 Å². The van der Waals surface area contributed by atoms with Crippen LogP contribution in [0.25, 0.3) is 0 Å². The number of rotatable bonds is 3. The Labute approximate surface area is 104 Å². The van der Waals surface area contributed by atoms with Gasteiger partial charge in [0.05, 0.1) is 6.10 Å². The van der Waals surface area contributed by atoms with Gasteiger partial charge in [0.1, 0.15) is 5.75 Å². The number of benzene rings is 1. The lowest BCUT2D eigenvalue weighted by Gasteiger charge is -2.32. The molecule has 0 saturated carbocycles. The highest BCUT2D eigenvalue weighted by Gasteiger charge is 2.26. The Balaban J connectivity index is 2.31. The third kappa shape index (κ3) is 2.81. The van der Waals surface area contributed by atoms with Crippen molar-refractivity contribution in [3.8, 4) is 5.75 Å². The molecular weight excluding hydrogens is 210 g/mol. The van der Waals surface area contributed by atoms with E-state index in [9.17, 15) is 0 Å². The number of ether oxygens (including phenoxy) is 1. The average Bonchev–Trinajstić information content (AvgIpc) is 2.27. The predicted molar refractivity (Wildman–Crippen MR) is 71.5 cm³/mol. The summed E-state index contributed by atoms with van der Waals surface area (Å²) in [6.45, 7) is 8.73. The molecule has 17 heavy (non-hydrogen) atoms. The minimum absolute atomic E-state index is 0.297. The van der Waals surface area contributed by atoms with Gasteiger partial charge < -0.3 is 10.1 Å². The molecule has 0 aliphatic carbocycles. The first kappa shape index (κ1) is 12.4. The highest BCUT2D eigenvalue weighted by Crippen LogP contribution is 2.35. The molecule has 0 amide bonds. The first-order chi connectivity index (χ1) is 8.10. The zero-order valence-electron chi connectivity index (χ0n) is 11.3. The van der Waals surface area contributed by atoms with Crippen LogP contribution in [-0.2, 0) is 6.42 Å². The summed E-state index contributed by atoms with van der Waals surface area (Å²) < 4.78 is 5.90. The summed E-state index contributed by atoms with van der Waals surface area (Å²) in [7, 11) is 0. The smallest absolute Gasteiger partial charge is 0.124 e. The maximum atomic E-state index is 5.90. The van der Waals surface area contributed by atoms with Crippen LogP contribution in [0.4, 0.5) is 0 Å². The van der Waals surface area contributed by atoms with Crippen LogP contribution in [0.1, 0.15) is 51.3 Å². The summed E-state index contributed by atoms with van der Waals surface area (Å²) in [6.07, 6.45) is 2.43. The Hall–Kier alpha value is -1.02. The molecule has 1 aromatic carbocycles. The second kappa shape index (κ2) is 5.09. The molecule has 1 aliphatic heterocycles. The molecule has 1 N–H and O–H groups in total. The summed E-state index contributed by atoms with van der Waals surface area (Å²) in [5.74, 6) is 1.05. The van der Waals surface area contributed by atoms with Gasteiger partial charge in [-0.1, -0.05) is 32.9 Å². The highest BCUT2D eigenvalue weighted by molar-refractivity contribution is 5.41. The predicted octanol–water partition coefficient (Wildman–Crippen LogP) is 3.46. The van der Waals surface area contributed by atoms with Gasteiger partial charge in [0.25, 0.3) is 0 Å². The van der Waals surface area contributed by atoms with Gasteiger partial charge >= 0.3 is 0 Å². The van der Waals surface area contributed by atoms with E-state index in [0.29, 0.717) is 18.2 Å². The molecule has 2 heteroatoms. The molecule has 94 valence electrons. The second-order valence-electron chi connectivity index (χ2n) is 5.26. The number of hydrogen-bond acceptors (Lipinski definition) is 2. The molecule has 2 nitrogen and oxygen atoms in total. The summed E-state index contributed by atoms with van der Waals surface area (Å²) in [6, 6.07) is 7.52. The Morgan fingerprint density at radius 3 is 2.82 bits per heavy atom. The summed E-state index contributed by atoms with van der Waals surface area (Å²) in [5, 5.41) is 3.64. The van der Waals surface area contributed by atoms with E-state index in [-0.39, 0.29) is 0 Å². The summed E-state index contributed by atoms with van der Waals surface area (Å²) in [4.78, 5) is 0. The van der Waals surface area contributed by atoms with Gasteiger partial charge in [0.2, 0.25) is 0 Å². The highest BCUT2D eigenvalue weighted by atomic mass is 16.5. The molecule has 1 aliphatic rings. The molecule has 2 atom stereocenters. The third-order valence-electron chi connectivity index (χ3n) is 3.29. The quantitative estimate of drug-likeness (QED) is 0.863. The Morgan fingerprint density at radius 1 is 1.41 bits per heavy atom. The van der Waals surface area contributed by atoms with Crippen molar-refractivity contribution in [2.75, 3.05) is 0 Å². The van der Waals surface area contributed by atoms with Gasteiger partial charge in [-0.3, -0.25) is 0 Å².